The van der Waals surface area contributed by atoms with Crippen molar-refractivity contribution in [3.8, 4) is 0 Å². The first kappa shape index (κ1) is 37.9. The Hall–Kier alpha value is -5.35. The van der Waals surface area contributed by atoms with Crippen LogP contribution in [0.3, 0.4) is 0 Å². The van der Waals surface area contributed by atoms with Gasteiger partial charge in [0.1, 0.15) is 16.3 Å². The summed E-state index contributed by atoms with van der Waals surface area (Å²) in [6.45, 7) is 2.52. The van der Waals surface area contributed by atoms with Gasteiger partial charge in [-0.2, -0.15) is 0 Å². The molecule has 0 radical (unpaired) electrons. The molecule has 3 aromatic rings. The van der Waals surface area contributed by atoms with Gasteiger partial charge in [0.25, 0.3) is 11.8 Å². The molecule has 5 N–H and O–H groups in total. The fourth-order valence-corrected chi connectivity index (χ4v) is 8.68. The molecule has 2 aromatic carbocycles. The molecule has 0 spiro atoms. The molecular formula is C39H44N8O7S. The van der Waals surface area contributed by atoms with Crippen molar-refractivity contribution in [2.75, 3.05) is 36.4 Å². The molecule has 15 nitrogen and oxygen atoms in total. The fraction of sp³-hybridized carbons (Fsp3) is 0.436. The molecule has 7 rings (SSSR count). The van der Waals surface area contributed by atoms with Gasteiger partial charge in [-0.15, -0.1) is 0 Å². The Morgan fingerprint density at radius 3 is 2.45 bits per heavy atom. The van der Waals surface area contributed by atoms with Crippen molar-refractivity contribution in [2.24, 2.45) is 5.73 Å². The summed E-state index contributed by atoms with van der Waals surface area (Å²) in [5.41, 5.74) is 9.26. The van der Waals surface area contributed by atoms with Gasteiger partial charge in [-0.1, -0.05) is 54.6 Å². The highest BCUT2D eigenvalue weighted by molar-refractivity contribution is 8.00. The minimum absolute atomic E-state index is 0.0203. The van der Waals surface area contributed by atoms with E-state index in [9.17, 15) is 33.9 Å². The predicted molar refractivity (Wildman–Crippen MR) is 203 cm³/mol. The Bertz CT molecular complexity index is 2000. The van der Waals surface area contributed by atoms with E-state index >= 15 is 0 Å². The Balaban J connectivity index is 0.950. The third-order valence-corrected chi connectivity index (χ3v) is 11.9. The summed E-state index contributed by atoms with van der Waals surface area (Å²) in [4.78, 5) is 91.3. The molecule has 5 heterocycles. The Morgan fingerprint density at radius 1 is 0.927 bits per heavy atom. The van der Waals surface area contributed by atoms with E-state index in [1.165, 1.54) is 11.8 Å². The number of aliphatic hydroxyl groups is 1. The summed E-state index contributed by atoms with van der Waals surface area (Å²) in [6, 6.07) is 13.3. The van der Waals surface area contributed by atoms with Crippen LogP contribution in [0.15, 0.2) is 53.6 Å². The van der Waals surface area contributed by atoms with Crippen LogP contribution in [0.4, 0.5) is 11.6 Å². The number of primary amides is 1. The summed E-state index contributed by atoms with van der Waals surface area (Å²) in [5, 5.41) is 15.6. The lowest BCUT2D eigenvalue weighted by Gasteiger charge is -2.33. The maximum Gasteiger partial charge on any atom is 0.264 e. The number of rotatable bonds is 13. The zero-order chi connectivity index (χ0) is 38.6. The Labute approximate surface area is 322 Å². The van der Waals surface area contributed by atoms with E-state index in [2.05, 4.69) is 10.6 Å². The monoisotopic (exact) mass is 768 g/mol. The number of aromatic nitrogens is 2. The van der Waals surface area contributed by atoms with Crippen LogP contribution >= 0.6 is 11.8 Å². The second-order valence-corrected chi connectivity index (χ2v) is 15.4. The number of unbranched alkanes of at least 4 members (excludes halogenated alkanes) is 2. The summed E-state index contributed by atoms with van der Waals surface area (Å²) >= 11 is 1.31. The lowest BCUT2D eigenvalue weighted by atomic mass is 10.0. The third kappa shape index (κ3) is 8.20. The number of fused-ring (bicyclic) bond motifs is 2. The van der Waals surface area contributed by atoms with Crippen molar-refractivity contribution in [2.45, 2.75) is 86.8 Å². The number of aliphatic hydroxyl groups excluding tert-OH is 1. The van der Waals surface area contributed by atoms with Gasteiger partial charge in [0.2, 0.25) is 29.6 Å². The number of carbonyl (C=O) groups is 6. The number of anilines is 2. The van der Waals surface area contributed by atoms with Crippen molar-refractivity contribution in [3.63, 3.8) is 0 Å². The number of carbonyl (C=O) groups excluding carboxylic acids is 6. The summed E-state index contributed by atoms with van der Waals surface area (Å²) in [6.07, 6.45) is 3.98. The van der Waals surface area contributed by atoms with Gasteiger partial charge in [-0.3, -0.25) is 39.0 Å². The van der Waals surface area contributed by atoms with E-state index in [1.807, 2.05) is 40.1 Å². The van der Waals surface area contributed by atoms with E-state index in [0.29, 0.717) is 87.9 Å². The lowest BCUT2D eigenvalue weighted by molar-refractivity contribution is -0.136. The molecule has 0 aliphatic carbocycles. The molecule has 6 amide bonds. The van der Waals surface area contributed by atoms with Crippen LogP contribution in [0.5, 0.6) is 0 Å². The number of nitrogens with one attached hydrogen (secondary N) is 2. The normalized spacial score (nSPS) is 19.2. The molecule has 4 aliphatic rings. The van der Waals surface area contributed by atoms with Crippen molar-refractivity contribution >= 4 is 58.8 Å². The maximum absolute atomic E-state index is 13.5. The number of amides is 6. The van der Waals surface area contributed by atoms with Crippen LogP contribution in [0, 0.1) is 0 Å². The average molecular weight is 769 g/mol. The number of thioether (sulfide) groups is 1. The van der Waals surface area contributed by atoms with Crippen LogP contribution in [0.25, 0.3) is 0 Å². The van der Waals surface area contributed by atoms with Crippen molar-refractivity contribution in [3.05, 3.63) is 76.5 Å². The second kappa shape index (κ2) is 16.6. The fourth-order valence-electron chi connectivity index (χ4n) is 7.55. The number of benzene rings is 2. The van der Waals surface area contributed by atoms with Crippen molar-refractivity contribution in [1.29, 1.82) is 0 Å². The molecule has 2 unspecified atom stereocenters. The first-order valence-electron chi connectivity index (χ1n) is 18.8. The highest BCUT2D eigenvalue weighted by atomic mass is 32.2. The third-order valence-electron chi connectivity index (χ3n) is 10.6. The molecule has 0 saturated carbocycles. The molecule has 2 atom stereocenters. The smallest absolute Gasteiger partial charge is 0.264 e. The second-order valence-electron chi connectivity index (χ2n) is 14.3. The van der Waals surface area contributed by atoms with Crippen LogP contribution in [0.1, 0.15) is 94.2 Å². The summed E-state index contributed by atoms with van der Waals surface area (Å²) in [7, 11) is 0. The molecule has 2 saturated heterocycles. The van der Waals surface area contributed by atoms with Crippen molar-refractivity contribution < 1.29 is 33.9 Å². The van der Waals surface area contributed by atoms with Crippen LogP contribution in [-0.2, 0) is 32.1 Å². The number of hydrogen-bond donors (Lipinski definition) is 4. The van der Waals surface area contributed by atoms with Crippen LogP contribution in [0.2, 0.25) is 0 Å². The molecule has 0 bridgehead atoms. The zero-order valence-corrected chi connectivity index (χ0v) is 31.2. The average Bonchev–Trinajstić information content (AvgIpc) is 3.44. The molecule has 2 fully saturated rings. The van der Waals surface area contributed by atoms with E-state index in [0.717, 1.165) is 28.1 Å². The minimum Gasteiger partial charge on any atom is -0.393 e. The molecule has 4 aliphatic heterocycles. The van der Waals surface area contributed by atoms with Crippen LogP contribution in [-0.4, -0.2) is 98.6 Å². The predicted octanol–water partition coefficient (Wildman–Crippen LogP) is 2.71. The van der Waals surface area contributed by atoms with Gasteiger partial charge in [0.05, 0.1) is 29.5 Å². The zero-order valence-electron chi connectivity index (χ0n) is 30.4. The molecule has 1 aromatic heterocycles. The van der Waals surface area contributed by atoms with E-state index in [-0.39, 0.29) is 36.0 Å². The molecule has 288 valence electrons. The van der Waals surface area contributed by atoms with Crippen LogP contribution < -0.4 is 21.3 Å². The largest absolute Gasteiger partial charge is 0.393 e. The molecule has 55 heavy (non-hydrogen) atoms. The Kier molecular flexibility index (Phi) is 11.4. The van der Waals surface area contributed by atoms with Gasteiger partial charge in [-0.25, -0.2) is 9.97 Å². The van der Waals surface area contributed by atoms with Gasteiger partial charge < -0.3 is 26.0 Å². The van der Waals surface area contributed by atoms with Gasteiger partial charge in [0.15, 0.2) is 0 Å². The van der Waals surface area contributed by atoms with Gasteiger partial charge >= 0.3 is 0 Å². The van der Waals surface area contributed by atoms with Gasteiger partial charge in [-0.05, 0) is 56.2 Å². The SMILES string of the molecule is NC(=O)C(Sc1nc(N2CCC(O)CC2)nc2c1CCN(C(=O)CCCCCNc1cccc3c1C(=O)N(C1CCC(=O)NC1=O)C3=O)C2)c1ccccc1. The molecular weight excluding hydrogens is 725 g/mol. The number of hydrogen-bond acceptors (Lipinski definition) is 12. The number of piperidine rings is 2. The van der Waals surface area contributed by atoms with Gasteiger partial charge in [0, 0.05) is 50.3 Å². The van der Waals surface area contributed by atoms with E-state index in [1.54, 1.807) is 18.2 Å². The first-order chi connectivity index (χ1) is 26.6. The number of imide groups is 2. The standard InChI is InChI=1S/C39H44N8O7S/c40-34(51)33(23-8-3-1-4-9-23)55-36-25-17-21-46(22-28(25)42-39(44-36)45-19-15-24(48)16-20-45)31(50)12-5-2-6-18-41-27-11-7-10-26-32(27)38(54)47(37(26)53)29-13-14-30(49)43-35(29)52/h1,3-4,7-11,24,29,33,41,48H,2,5-6,12-22H2,(H2,40,51)(H,43,49,52). The summed E-state index contributed by atoms with van der Waals surface area (Å²) < 4.78 is 0. The lowest BCUT2D eigenvalue weighted by Crippen LogP contribution is -2.54. The minimum atomic E-state index is -1.03. The summed E-state index contributed by atoms with van der Waals surface area (Å²) in [5.74, 6) is -2.12. The Morgan fingerprint density at radius 2 is 1.71 bits per heavy atom. The highest BCUT2D eigenvalue weighted by Crippen LogP contribution is 2.39. The quantitative estimate of drug-likeness (QED) is 0.0857. The topological polar surface area (TPSA) is 208 Å². The van der Waals surface area contributed by atoms with Crippen molar-refractivity contribution in [1.82, 2.24) is 25.1 Å². The van der Waals surface area contributed by atoms with E-state index in [4.69, 9.17) is 15.7 Å². The molecule has 16 heteroatoms. The van der Waals surface area contributed by atoms with E-state index < -0.39 is 40.8 Å². The number of nitrogens with two attached hydrogens (primary N) is 1. The first-order valence-corrected chi connectivity index (χ1v) is 19.7. The highest BCUT2D eigenvalue weighted by Gasteiger charge is 2.45. The number of nitrogens with zero attached hydrogens (tertiary/aromatic N) is 5. The maximum atomic E-state index is 13.5.